The Morgan fingerprint density at radius 1 is 1.10 bits per heavy atom. The average Bonchev–Trinajstić information content (AvgIpc) is 3.51. The van der Waals surface area contributed by atoms with E-state index in [2.05, 4.69) is 11.6 Å². The lowest BCUT2D eigenvalue weighted by Crippen LogP contribution is -2.29. The Balaban J connectivity index is 1.90. The van der Waals surface area contributed by atoms with Gasteiger partial charge in [-0.05, 0) is 62.2 Å². The first-order chi connectivity index (χ1) is 20.2. The molecule has 1 unspecified atom stereocenters. The van der Waals surface area contributed by atoms with Gasteiger partial charge < -0.3 is 24.1 Å². The number of aromatic nitrogens is 1. The number of carbonyl (C=O) groups is 3. The van der Waals surface area contributed by atoms with Crippen LogP contribution in [0.25, 0.3) is 5.76 Å². The van der Waals surface area contributed by atoms with Gasteiger partial charge in [0.1, 0.15) is 23.0 Å². The van der Waals surface area contributed by atoms with Crippen LogP contribution in [-0.4, -0.2) is 54.7 Å². The number of ketones is 1. The normalized spacial score (nSPS) is 15.9. The van der Waals surface area contributed by atoms with E-state index >= 15 is 0 Å². The maximum atomic E-state index is 13.6. The Morgan fingerprint density at radius 3 is 2.48 bits per heavy atom. The van der Waals surface area contributed by atoms with Crippen LogP contribution in [0.2, 0.25) is 0 Å². The molecule has 1 saturated heterocycles. The lowest BCUT2D eigenvalue weighted by atomic mass is 9.95. The van der Waals surface area contributed by atoms with Crippen molar-refractivity contribution in [3.05, 3.63) is 82.4 Å². The number of hydrogen-bond acceptors (Lipinski definition) is 10. The highest BCUT2D eigenvalue weighted by molar-refractivity contribution is 7.17. The predicted molar refractivity (Wildman–Crippen MR) is 159 cm³/mol. The van der Waals surface area contributed by atoms with Gasteiger partial charge in [0.2, 0.25) is 0 Å². The third-order valence-corrected chi connectivity index (χ3v) is 7.48. The molecule has 0 saturated carbocycles. The molecule has 1 aliphatic rings. The van der Waals surface area contributed by atoms with Crippen molar-refractivity contribution in [2.75, 3.05) is 31.8 Å². The molecule has 1 amide bonds. The van der Waals surface area contributed by atoms with E-state index in [-0.39, 0.29) is 27.9 Å². The SMILES string of the molecule is C=CCOc1ccc(C2C(=C(O)c3ccc(OCCC)cc3)C(=O)C(=O)N2c2nc(C)c(C(=O)OC)s2)cc1OCC. The number of nitrogens with zero attached hydrogens (tertiary/aromatic N) is 2. The number of rotatable bonds is 12. The number of benzene rings is 2. The fraction of sp³-hybridized carbons (Fsp3) is 0.290. The first kappa shape index (κ1) is 30.3. The van der Waals surface area contributed by atoms with Crippen LogP contribution in [0.15, 0.2) is 60.7 Å². The van der Waals surface area contributed by atoms with Crippen LogP contribution in [0.5, 0.6) is 17.2 Å². The first-order valence-electron chi connectivity index (χ1n) is 13.4. The highest BCUT2D eigenvalue weighted by Crippen LogP contribution is 2.45. The second-order valence-electron chi connectivity index (χ2n) is 9.18. The van der Waals surface area contributed by atoms with Gasteiger partial charge in [0.25, 0.3) is 5.78 Å². The molecule has 1 N–H and O–H groups in total. The zero-order valence-corrected chi connectivity index (χ0v) is 24.7. The summed E-state index contributed by atoms with van der Waals surface area (Å²) in [7, 11) is 1.25. The van der Waals surface area contributed by atoms with Crippen LogP contribution in [-0.2, 0) is 14.3 Å². The summed E-state index contributed by atoms with van der Waals surface area (Å²) in [6.07, 6.45) is 2.43. The van der Waals surface area contributed by atoms with Crippen molar-refractivity contribution in [3.8, 4) is 17.2 Å². The zero-order valence-electron chi connectivity index (χ0n) is 23.8. The van der Waals surface area contributed by atoms with Crippen molar-refractivity contribution in [3.63, 3.8) is 0 Å². The number of methoxy groups -OCH3 is 1. The lowest BCUT2D eigenvalue weighted by Gasteiger charge is -2.24. The molecule has 3 aromatic rings. The fourth-order valence-electron chi connectivity index (χ4n) is 4.43. The number of aliphatic hydroxyl groups excluding tert-OH is 1. The first-order valence-corrected chi connectivity index (χ1v) is 14.2. The van der Waals surface area contributed by atoms with E-state index < -0.39 is 23.7 Å². The summed E-state index contributed by atoms with van der Waals surface area (Å²) in [4.78, 5) is 45.3. The van der Waals surface area contributed by atoms with Gasteiger partial charge in [-0.2, -0.15) is 0 Å². The monoisotopic (exact) mass is 592 g/mol. The van der Waals surface area contributed by atoms with E-state index in [1.165, 1.54) is 12.0 Å². The van der Waals surface area contributed by atoms with Gasteiger partial charge in [-0.3, -0.25) is 14.5 Å². The third kappa shape index (κ3) is 6.01. The summed E-state index contributed by atoms with van der Waals surface area (Å²) in [6, 6.07) is 10.5. The summed E-state index contributed by atoms with van der Waals surface area (Å²) in [6.45, 7) is 10.2. The fourth-order valence-corrected chi connectivity index (χ4v) is 5.44. The highest BCUT2D eigenvalue weighted by atomic mass is 32.1. The molecular weight excluding hydrogens is 560 g/mol. The number of ether oxygens (including phenoxy) is 4. The second kappa shape index (κ2) is 13.3. The molecular formula is C31H32N2O8S. The minimum atomic E-state index is -1.09. The molecule has 42 heavy (non-hydrogen) atoms. The molecule has 2 heterocycles. The molecule has 0 bridgehead atoms. The molecule has 0 aliphatic carbocycles. The van der Waals surface area contributed by atoms with Crippen molar-refractivity contribution in [2.45, 2.75) is 33.2 Å². The Bertz CT molecular complexity index is 1530. The maximum absolute atomic E-state index is 13.6. The van der Waals surface area contributed by atoms with Gasteiger partial charge >= 0.3 is 11.9 Å². The lowest BCUT2D eigenvalue weighted by molar-refractivity contribution is -0.132. The Morgan fingerprint density at radius 2 is 1.83 bits per heavy atom. The van der Waals surface area contributed by atoms with Gasteiger partial charge in [-0.15, -0.1) is 0 Å². The number of amides is 1. The Labute approximate surface area is 247 Å². The summed E-state index contributed by atoms with van der Waals surface area (Å²) in [5, 5.41) is 11.6. The number of carbonyl (C=O) groups excluding carboxylic acids is 3. The van der Waals surface area contributed by atoms with Crippen LogP contribution in [0.4, 0.5) is 5.13 Å². The number of aliphatic hydroxyl groups is 1. The summed E-state index contributed by atoms with van der Waals surface area (Å²) in [5.74, 6) is -1.36. The molecule has 0 spiro atoms. The van der Waals surface area contributed by atoms with Gasteiger partial charge in [0.05, 0.1) is 37.6 Å². The van der Waals surface area contributed by atoms with Crippen molar-refractivity contribution >= 4 is 39.9 Å². The van der Waals surface area contributed by atoms with Crippen LogP contribution < -0.4 is 19.1 Å². The van der Waals surface area contributed by atoms with E-state index in [9.17, 15) is 19.5 Å². The zero-order chi connectivity index (χ0) is 30.4. The minimum absolute atomic E-state index is 0.104. The van der Waals surface area contributed by atoms with Crippen LogP contribution >= 0.6 is 11.3 Å². The van der Waals surface area contributed by atoms with Crippen molar-refractivity contribution in [1.29, 1.82) is 0 Å². The summed E-state index contributed by atoms with van der Waals surface area (Å²) >= 11 is 0.921. The average molecular weight is 593 g/mol. The molecule has 1 fully saturated rings. The van der Waals surface area contributed by atoms with E-state index in [0.717, 1.165) is 17.8 Å². The molecule has 220 valence electrons. The number of Topliss-reactive ketones (excluding diaryl/α,β-unsaturated/α-hetero) is 1. The van der Waals surface area contributed by atoms with Gasteiger partial charge in [-0.25, -0.2) is 9.78 Å². The predicted octanol–water partition coefficient (Wildman–Crippen LogP) is 5.62. The molecule has 11 heteroatoms. The van der Waals surface area contributed by atoms with Gasteiger partial charge in [-0.1, -0.05) is 37.0 Å². The summed E-state index contributed by atoms with van der Waals surface area (Å²) < 4.78 is 22.0. The number of esters is 1. The number of aryl methyl sites for hydroxylation is 1. The Kier molecular flexibility index (Phi) is 9.64. The van der Waals surface area contributed by atoms with Gasteiger partial charge in [0.15, 0.2) is 16.6 Å². The smallest absolute Gasteiger partial charge is 0.350 e. The number of hydrogen-bond donors (Lipinski definition) is 1. The van der Waals surface area contributed by atoms with Crippen molar-refractivity contribution in [2.24, 2.45) is 0 Å². The molecule has 1 aliphatic heterocycles. The summed E-state index contributed by atoms with van der Waals surface area (Å²) in [5.41, 5.74) is 0.981. The van der Waals surface area contributed by atoms with Crippen LogP contribution in [0.3, 0.4) is 0 Å². The van der Waals surface area contributed by atoms with E-state index in [0.29, 0.717) is 47.3 Å². The van der Waals surface area contributed by atoms with Crippen LogP contribution in [0, 0.1) is 6.92 Å². The highest BCUT2D eigenvalue weighted by Gasteiger charge is 2.48. The number of anilines is 1. The molecule has 10 nitrogen and oxygen atoms in total. The maximum Gasteiger partial charge on any atom is 0.350 e. The molecule has 1 aromatic heterocycles. The van der Waals surface area contributed by atoms with Gasteiger partial charge in [0, 0.05) is 5.56 Å². The minimum Gasteiger partial charge on any atom is -0.507 e. The third-order valence-electron chi connectivity index (χ3n) is 6.35. The number of thiazole rings is 1. The van der Waals surface area contributed by atoms with E-state index in [1.807, 2.05) is 13.8 Å². The molecule has 1 atom stereocenters. The quantitative estimate of drug-likeness (QED) is 0.0938. The van der Waals surface area contributed by atoms with E-state index in [4.69, 9.17) is 18.9 Å². The van der Waals surface area contributed by atoms with Crippen LogP contribution in [0.1, 0.15) is 52.8 Å². The molecule has 0 radical (unpaired) electrons. The van der Waals surface area contributed by atoms with Crippen molar-refractivity contribution < 1.29 is 38.4 Å². The largest absolute Gasteiger partial charge is 0.507 e. The van der Waals surface area contributed by atoms with E-state index in [1.54, 1.807) is 55.5 Å². The van der Waals surface area contributed by atoms with Crippen molar-refractivity contribution in [1.82, 2.24) is 4.98 Å². The molecule has 4 rings (SSSR count). The topological polar surface area (TPSA) is 124 Å². The Hall–Kier alpha value is -4.64. The standard InChI is InChI=1S/C31H32N2O8S/c1-6-15-40-21-12-9-19(10-13-21)26(34)24-25(20-11-14-22(41-16-7-2)23(17-20)39-8-3)33(29(36)27(24)35)31-32-18(4)28(42-31)30(37)38-5/h7,9-14,17,25,34H,2,6,8,15-16H2,1,3-5H3. The molecule has 2 aromatic carbocycles. The second-order valence-corrected chi connectivity index (χ2v) is 10.2.